The molecule has 1 aliphatic carbocycles. The molecule has 1 atom stereocenters. The highest BCUT2D eigenvalue weighted by molar-refractivity contribution is 5.85. The summed E-state index contributed by atoms with van der Waals surface area (Å²) in [5, 5.41) is 3.39. The van der Waals surface area contributed by atoms with Gasteiger partial charge in [-0.1, -0.05) is 18.2 Å². The van der Waals surface area contributed by atoms with Crippen molar-refractivity contribution in [1.82, 2.24) is 10.2 Å². The number of halogens is 1. The average molecular weight is 339 g/mol. The van der Waals surface area contributed by atoms with Gasteiger partial charge in [-0.05, 0) is 55.8 Å². The molecule has 1 aromatic rings. The summed E-state index contributed by atoms with van der Waals surface area (Å²) >= 11 is 0. The quantitative estimate of drug-likeness (QED) is 0.897. The zero-order valence-electron chi connectivity index (χ0n) is 14.0. The van der Waals surface area contributed by atoms with Gasteiger partial charge in [0.05, 0.1) is 7.11 Å². The van der Waals surface area contributed by atoms with Gasteiger partial charge in [0, 0.05) is 19.5 Å². The Morgan fingerprint density at radius 2 is 2.04 bits per heavy atom. The number of piperidine rings is 1. The molecule has 0 bridgehead atoms. The lowest BCUT2D eigenvalue weighted by atomic mass is 9.91. The number of likely N-dealkylation sites (N-methyl/N-ethyl adjacent to an activating group) is 1. The number of nitrogens with zero attached hydrogens (tertiary/aromatic N) is 1. The highest BCUT2D eigenvalue weighted by Gasteiger charge is 2.58. The van der Waals surface area contributed by atoms with Gasteiger partial charge in [-0.2, -0.15) is 0 Å². The van der Waals surface area contributed by atoms with E-state index in [0.29, 0.717) is 11.3 Å². The largest absolute Gasteiger partial charge is 0.496 e. The fraction of sp³-hybridized carbons (Fsp3) is 0.611. The third kappa shape index (κ3) is 3.81. The van der Waals surface area contributed by atoms with E-state index in [0.717, 1.165) is 56.6 Å². The first-order valence-corrected chi connectivity index (χ1v) is 8.24. The fourth-order valence-corrected chi connectivity index (χ4v) is 3.75. The van der Waals surface area contributed by atoms with Gasteiger partial charge in [0.1, 0.15) is 5.75 Å². The third-order valence-corrected chi connectivity index (χ3v) is 5.37. The molecule has 1 unspecified atom stereocenters. The molecule has 2 fully saturated rings. The molecule has 5 heteroatoms. The second-order valence-electron chi connectivity index (χ2n) is 6.69. The van der Waals surface area contributed by atoms with Crippen molar-refractivity contribution in [3.8, 4) is 5.75 Å². The lowest BCUT2D eigenvalue weighted by molar-refractivity contribution is -0.132. The predicted octanol–water partition coefficient (Wildman–Crippen LogP) is 2.51. The second kappa shape index (κ2) is 7.54. The van der Waals surface area contributed by atoms with E-state index >= 15 is 0 Å². The number of carbonyl (C=O) groups excluding carboxylic acids is 1. The molecular formula is C18H27ClN2O2. The number of hydrogen-bond acceptors (Lipinski definition) is 3. The van der Waals surface area contributed by atoms with Gasteiger partial charge in [-0.15, -0.1) is 12.4 Å². The van der Waals surface area contributed by atoms with Crippen molar-refractivity contribution in [1.29, 1.82) is 0 Å². The zero-order chi connectivity index (χ0) is 15.6. The van der Waals surface area contributed by atoms with Gasteiger partial charge >= 0.3 is 0 Å². The Balaban J connectivity index is 0.00000192. The summed E-state index contributed by atoms with van der Waals surface area (Å²) in [7, 11) is 3.63. The van der Waals surface area contributed by atoms with Crippen LogP contribution in [-0.2, 0) is 11.2 Å². The van der Waals surface area contributed by atoms with E-state index < -0.39 is 0 Å². The molecule has 1 N–H and O–H groups in total. The molecule has 1 spiro atoms. The van der Waals surface area contributed by atoms with Gasteiger partial charge in [0.2, 0.25) is 5.91 Å². The Labute approximate surface area is 145 Å². The van der Waals surface area contributed by atoms with Gasteiger partial charge in [-0.3, -0.25) is 4.79 Å². The number of hydrogen-bond donors (Lipinski definition) is 1. The molecule has 4 nitrogen and oxygen atoms in total. The Morgan fingerprint density at radius 3 is 2.74 bits per heavy atom. The summed E-state index contributed by atoms with van der Waals surface area (Å²) in [5.74, 6) is 1.50. The van der Waals surface area contributed by atoms with E-state index in [-0.39, 0.29) is 18.3 Å². The van der Waals surface area contributed by atoms with Crippen LogP contribution in [0, 0.1) is 11.3 Å². The Morgan fingerprint density at radius 1 is 1.35 bits per heavy atom. The summed E-state index contributed by atoms with van der Waals surface area (Å²) in [6, 6.07) is 8.04. The highest BCUT2D eigenvalue weighted by atomic mass is 35.5. The lowest BCUT2D eigenvalue weighted by Gasteiger charge is -2.25. The highest BCUT2D eigenvalue weighted by Crippen LogP contribution is 2.59. The number of para-hydroxylation sites is 1. The van der Waals surface area contributed by atoms with Gasteiger partial charge in [0.15, 0.2) is 0 Å². The number of nitrogens with one attached hydrogen (secondary N) is 1. The molecule has 0 aromatic heterocycles. The molecule has 3 rings (SSSR count). The minimum absolute atomic E-state index is 0. The van der Waals surface area contributed by atoms with Crippen molar-refractivity contribution in [3.63, 3.8) is 0 Å². The molecule has 23 heavy (non-hydrogen) atoms. The van der Waals surface area contributed by atoms with Crippen LogP contribution in [-0.4, -0.2) is 44.6 Å². The number of methoxy groups -OCH3 is 1. The molecule has 1 aliphatic heterocycles. The van der Waals surface area contributed by atoms with Crippen molar-refractivity contribution >= 4 is 18.3 Å². The van der Waals surface area contributed by atoms with Crippen molar-refractivity contribution in [2.24, 2.45) is 11.3 Å². The first kappa shape index (κ1) is 18.1. The summed E-state index contributed by atoms with van der Waals surface area (Å²) in [4.78, 5) is 14.5. The van der Waals surface area contributed by atoms with Crippen LogP contribution in [0.3, 0.4) is 0 Å². The molecule has 1 aromatic carbocycles. The first-order chi connectivity index (χ1) is 10.7. The summed E-state index contributed by atoms with van der Waals surface area (Å²) < 4.78 is 5.38. The molecule has 1 saturated heterocycles. The van der Waals surface area contributed by atoms with Crippen molar-refractivity contribution in [3.05, 3.63) is 29.8 Å². The zero-order valence-corrected chi connectivity index (χ0v) is 14.8. The Hall–Kier alpha value is -1.26. The van der Waals surface area contributed by atoms with E-state index in [4.69, 9.17) is 4.74 Å². The van der Waals surface area contributed by atoms with Crippen LogP contribution in [0.15, 0.2) is 24.3 Å². The molecule has 2 aliphatic rings. The molecular weight excluding hydrogens is 312 g/mol. The fourth-order valence-electron chi connectivity index (χ4n) is 3.75. The lowest BCUT2D eigenvalue weighted by Crippen LogP contribution is -2.35. The summed E-state index contributed by atoms with van der Waals surface area (Å²) in [6.07, 6.45) is 4.24. The SMILES string of the molecule is COc1ccccc1CCN(C)C(=O)C1CC12CCNCC2.Cl. The molecule has 1 heterocycles. The Kier molecular flexibility index (Phi) is 5.93. The van der Waals surface area contributed by atoms with Crippen LogP contribution >= 0.6 is 12.4 Å². The van der Waals surface area contributed by atoms with Crippen LogP contribution in [0.2, 0.25) is 0 Å². The van der Waals surface area contributed by atoms with Crippen LogP contribution in [0.1, 0.15) is 24.8 Å². The van der Waals surface area contributed by atoms with E-state index in [1.807, 2.05) is 30.1 Å². The first-order valence-electron chi connectivity index (χ1n) is 8.24. The van der Waals surface area contributed by atoms with Crippen molar-refractivity contribution < 1.29 is 9.53 Å². The summed E-state index contributed by atoms with van der Waals surface area (Å²) in [5.41, 5.74) is 1.48. The smallest absolute Gasteiger partial charge is 0.226 e. The maximum absolute atomic E-state index is 12.6. The monoisotopic (exact) mass is 338 g/mol. The number of rotatable bonds is 5. The second-order valence-corrected chi connectivity index (χ2v) is 6.69. The average Bonchev–Trinajstić information content (AvgIpc) is 3.25. The normalized spacial score (nSPS) is 21.4. The van der Waals surface area contributed by atoms with Gasteiger partial charge < -0.3 is 15.0 Å². The number of benzene rings is 1. The van der Waals surface area contributed by atoms with E-state index in [1.54, 1.807) is 7.11 Å². The topological polar surface area (TPSA) is 41.6 Å². The minimum atomic E-state index is 0. The van der Waals surface area contributed by atoms with Crippen molar-refractivity contribution in [2.45, 2.75) is 25.7 Å². The number of carbonyl (C=O) groups is 1. The third-order valence-electron chi connectivity index (χ3n) is 5.37. The van der Waals surface area contributed by atoms with E-state index in [2.05, 4.69) is 11.4 Å². The van der Waals surface area contributed by atoms with E-state index in [9.17, 15) is 4.79 Å². The van der Waals surface area contributed by atoms with Crippen LogP contribution < -0.4 is 10.1 Å². The van der Waals surface area contributed by atoms with Crippen LogP contribution in [0.5, 0.6) is 5.75 Å². The maximum atomic E-state index is 12.6. The molecule has 128 valence electrons. The van der Waals surface area contributed by atoms with Crippen molar-refractivity contribution in [2.75, 3.05) is 33.8 Å². The molecule has 0 radical (unpaired) electrons. The van der Waals surface area contributed by atoms with Crippen LogP contribution in [0.25, 0.3) is 0 Å². The van der Waals surface area contributed by atoms with Crippen LogP contribution in [0.4, 0.5) is 0 Å². The number of amides is 1. The van der Waals surface area contributed by atoms with Gasteiger partial charge in [0.25, 0.3) is 0 Å². The Bertz CT molecular complexity index is 544. The standard InChI is InChI=1S/C18H26N2O2.ClH/c1-20(12-7-14-5-3-4-6-16(14)22-2)17(21)15-13-18(15)8-10-19-11-9-18;/h3-6,15,19H,7-13H2,1-2H3;1H. The van der Waals surface area contributed by atoms with E-state index in [1.165, 1.54) is 0 Å². The summed E-state index contributed by atoms with van der Waals surface area (Å²) in [6.45, 7) is 2.88. The molecule has 1 amide bonds. The van der Waals surface area contributed by atoms with Gasteiger partial charge in [-0.25, -0.2) is 0 Å². The predicted molar refractivity (Wildman–Crippen MR) is 94.2 cm³/mol. The molecule has 1 saturated carbocycles. The minimum Gasteiger partial charge on any atom is -0.496 e. The maximum Gasteiger partial charge on any atom is 0.226 e. The number of ether oxygens (including phenoxy) is 1.